The summed E-state index contributed by atoms with van der Waals surface area (Å²) in [5.41, 5.74) is -0.352. The molecule has 0 saturated heterocycles. The van der Waals surface area contributed by atoms with Crippen molar-refractivity contribution in [2.75, 3.05) is 21.3 Å². The molecule has 0 atom stereocenters. The lowest BCUT2D eigenvalue weighted by atomic mass is 10.2. The van der Waals surface area contributed by atoms with E-state index in [9.17, 15) is 14.8 Å². The fourth-order valence-corrected chi connectivity index (χ4v) is 1.20. The highest BCUT2D eigenvalue weighted by atomic mass is 16.5. The van der Waals surface area contributed by atoms with E-state index in [0.717, 1.165) is 19.4 Å². The van der Waals surface area contributed by atoms with Gasteiger partial charge >= 0.3 is 17.6 Å². The first-order chi connectivity index (χ1) is 8.04. The summed E-state index contributed by atoms with van der Waals surface area (Å²) < 4.78 is 14.0. The van der Waals surface area contributed by atoms with Gasteiger partial charge in [-0.2, -0.15) is 4.73 Å². The zero-order valence-electron chi connectivity index (χ0n) is 9.55. The van der Waals surface area contributed by atoms with E-state index in [2.05, 4.69) is 9.47 Å². The predicted octanol–water partition coefficient (Wildman–Crippen LogP) is -0.0982. The predicted molar refractivity (Wildman–Crippen MR) is 54.6 cm³/mol. The number of hydrogen-bond donors (Lipinski definition) is 0. The lowest BCUT2D eigenvalue weighted by Crippen LogP contribution is -2.36. The maximum absolute atomic E-state index is 11.5. The molecule has 7 nitrogen and oxygen atoms in total. The number of rotatable bonds is 3. The summed E-state index contributed by atoms with van der Waals surface area (Å²) in [6.45, 7) is 0. The fourth-order valence-electron chi connectivity index (χ4n) is 1.20. The molecule has 0 aromatic carbocycles. The molecule has 1 rings (SSSR count). The van der Waals surface area contributed by atoms with Crippen LogP contribution in [0.3, 0.4) is 0 Å². The quantitative estimate of drug-likeness (QED) is 0.417. The summed E-state index contributed by atoms with van der Waals surface area (Å²) in [5, 5.41) is 11.5. The zero-order valence-corrected chi connectivity index (χ0v) is 9.55. The Morgan fingerprint density at radius 1 is 1.18 bits per heavy atom. The molecular weight excluding hydrogens is 230 g/mol. The van der Waals surface area contributed by atoms with Gasteiger partial charge in [0.05, 0.1) is 27.4 Å². The molecule has 17 heavy (non-hydrogen) atoms. The zero-order chi connectivity index (χ0) is 13.0. The molecule has 0 spiro atoms. The van der Waals surface area contributed by atoms with Gasteiger partial charge in [0, 0.05) is 0 Å². The molecule has 92 valence electrons. The van der Waals surface area contributed by atoms with Gasteiger partial charge in [0.2, 0.25) is 0 Å². The number of hydrogen-bond acceptors (Lipinski definition) is 6. The number of methoxy groups -OCH3 is 3. The molecule has 0 aliphatic carbocycles. The molecule has 0 aliphatic heterocycles. The van der Waals surface area contributed by atoms with Crippen molar-refractivity contribution in [1.29, 1.82) is 0 Å². The van der Waals surface area contributed by atoms with Gasteiger partial charge in [-0.15, -0.1) is 0 Å². The van der Waals surface area contributed by atoms with E-state index in [1.807, 2.05) is 0 Å². The van der Waals surface area contributed by atoms with E-state index in [0.29, 0.717) is 0 Å². The van der Waals surface area contributed by atoms with E-state index in [-0.39, 0.29) is 21.7 Å². The number of ether oxygens (including phenoxy) is 3. The summed E-state index contributed by atoms with van der Waals surface area (Å²) in [6.07, 6.45) is 0.900. The third-order valence-electron chi connectivity index (χ3n) is 2.04. The number of nitrogens with zero attached hydrogens (tertiary/aromatic N) is 1. The van der Waals surface area contributed by atoms with Crippen molar-refractivity contribution in [3.63, 3.8) is 0 Å². The van der Waals surface area contributed by atoms with E-state index in [4.69, 9.17) is 4.74 Å². The number of carbonyl (C=O) groups excluding carboxylic acids is 2. The van der Waals surface area contributed by atoms with Gasteiger partial charge in [0.25, 0.3) is 0 Å². The Morgan fingerprint density at radius 2 is 1.76 bits per heavy atom. The average Bonchev–Trinajstić information content (AvgIpc) is 2.36. The van der Waals surface area contributed by atoms with Crippen LogP contribution in [-0.2, 0) is 9.47 Å². The average molecular weight is 241 g/mol. The summed E-state index contributed by atoms with van der Waals surface area (Å²) in [7, 11) is 3.62. The van der Waals surface area contributed by atoms with E-state index < -0.39 is 11.9 Å². The highest BCUT2D eigenvalue weighted by Gasteiger charge is 2.24. The first-order valence-electron chi connectivity index (χ1n) is 4.53. The van der Waals surface area contributed by atoms with E-state index >= 15 is 0 Å². The minimum Gasteiger partial charge on any atom is -0.618 e. The van der Waals surface area contributed by atoms with Crippen LogP contribution in [0.5, 0.6) is 5.75 Å². The Kier molecular flexibility index (Phi) is 3.86. The maximum Gasteiger partial charge on any atom is 0.404 e. The standard InChI is InChI=1S/C10H11NO6/c1-15-8-4-7(10(13)17-3)11(14)5-6(8)9(12)16-2/h4-5H,1-3H3. The van der Waals surface area contributed by atoms with Gasteiger partial charge in [-0.05, 0) is 0 Å². The van der Waals surface area contributed by atoms with Gasteiger partial charge in [-0.3, -0.25) is 0 Å². The molecule has 0 radical (unpaired) electrons. The van der Waals surface area contributed by atoms with Crippen molar-refractivity contribution >= 4 is 11.9 Å². The maximum atomic E-state index is 11.5. The van der Waals surface area contributed by atoms with Crippen LogP contribution in [0.25, 0.3) is 0 Å². The Balaban J connectivity index is 3.34. The molecule has 0 unspecified atom stereocenters. The lowest BCUT2D eigenvalue weighted by molar-refractivity contribution is -0.608. The molecule has 1 aromatic rings. The van der Waals surface area contributed by atoms with Gasteiger partial charge in [0.1, 0.15) is 5.75 Å². The highest BCUT2D eigenvalue weighted by molar-refractivity contribution is 5.93. The monoisotopic (exact) mass is 241 g/mol. The van der Waals surface area contributed by atoms with Crippen molar-refractivity contribution in [1.82, 2.24) is 0 Å². The van der Waals surface area contributed by atoms with Gasteiger partial charge in [0.15, 0.2) is 11.8 Å². The van der Waals surface area contributed by atoms with Crippen LogP contribution in [0.4, 0.5) is 0 Å². The molecular formula is C10H11NO6. The number of pyridine rings is 1. The van der Waals surface area contributed by atoms with Crippen molar-refractivity contribution in [2.24, 2.45) is 0 Å². The van der Waals surface area contributed by atoms with Crippen molar-refractivity contribution < 1.29 is 28.5 Å². The van der Waals surface area contributed by atoms with Crippen LogP contribution in [0, 0.1) is 5.21 Å². The van der Waals surface area contributed by atoms with Crippen molar-refractivity contribution in [3.8, 4) is 5.75 Å². The first-order valence-corrected chi connectivity index (χ1v) is 4.53. The highest BCUT2D eigenvalue weighted by Crippen LogP contribution is 2.18. The fraction of sp³-hybridized carbons (Fsp3) is 0.300. The number of carbonyl (C=O) groups is 2. The molecule has 0 fully saturated rings. The van der Waals surface area contributed by atoms with Crippen LogP contribution >= 0.6 is 0 Å². The Morgan fingerprint density at radius 3 is 2.24 bits per heavy atom. The minimum absolute atomic E-state index is 0.0596. The number of aromatic nitrogens is 1. The first kappa shape index (κ1) is 12.8. The molecule has 0 saturated carbocycles. The van der Waals surface area contributed by atoms with Crippen molar-refractivity contribution in [2.45, 2.75) is 0 Å². The van der Waals surface area contributed by atoms with Crippen LogP contribution in [0.15, 0.2) is 12.3 Å². The van der Waals surface area contributed by atoms with E-state index in [1.54, 1.807) is 0 Å². The Hall–Kier alpha value is -2.31. The van der Waals surface area contributed by atoms with Crippen LogP contribution in [0.2, 0.25) is 0 Å². The molecule has 1 heterocycles. The summed E-state index contributed by atoms with van der Waals surface area (Å²) >= 11 is 0. The molecule has 1 aromatic heterocycles. The summed E-state index contributed by atoms with van der Waals surface area (Å²) in [5.74, 6) is -1.50. The molecule has 7 heteroatoms. The van der Waals surface area contributed by atoms with Gasteiger partial charge in [-0.1, -0.05) is 0 Å². The SMILES string of the molecule is COC(=O)c1c[n+]([O-])c(C(=O)OC)cc1OC. The van der Waals surface area contributed by atoms with Crippen LogP contribution in [-0.4, -0.2) is 33.3 Å². The molecule has 0 amide bonds. The lowest BCUT2D eigenvalue weighted by Gasteiger charge is -2.08. The van der Waals surface area contributed by atoms with Crippen LogP contribution < -0.4 is 9.47 Å². The normalized spacial score (nSPS) is 9.59. The van der Waals surface area contributed by atoms with Gasteiger partial charge in [-0.25, -0.2) is 9.59 Å². The van der Waals surface area contributed by atoms with Crippen molar-refractivity contribution in [3.05, 3.63) is 28.7 Å². The summed E-state index contributed by atoms with van der Waals surface area (Å²) in [6, 6.07) is 1.12. The largest absolute Gasteiger partial charge is 0.618 e. The van der Waals surface area contributed by atoms with Gasteiger partial charge < -0.3 is 19.4 Å². The summed E-state index contributed by atoms with van der Waals surface area (Å²) in [4.78, 5) is 22.6. The molecule has 0 N–H and O–H groups in total. The topological polar surface area (TPSA) is 88.8 Å². The molecule has 0 bridgehead atoms. The second-order valence-electron chi connectivity index (χ2n) is 2.95. The van der Waals surface area contributed by atoms with E-state index in [1.165, 1.54) is 14.2 Å². The smallest absolute Gasteiger partial charge is 0.404 e. The Bertz CT molecular complexity index is 456. The second-order valence-corrected chi connectivity index (χ2v) is 2.95. The second kappa shape index (κ2) is 5.15. The Labute approximate surface area is 97.1 Å². The third kappa shape index (κ3) is 2.44. The van der Waals surface area contributed by atoms with Crippen LogP contribution in [0.1, 0.15) is 20.8 Å². The third-order valence-corrected chi connectivity index (χ3v) is 2.04. The molecule has 0 aliphatic rings. The number of esters is 2. The minimum atomic E-state index is -0.824.